The van der Waals surface area contributed by atoms with Crippen LogP contribution in [0.25, 0.3) is 0 Å². The number of amides is 3. The summed E-state index contributed by atoms with van der Waals surface area (Å²) in [6, 6.07) is -2.97. The van der Waals surface area contributed by atoms with E-state index in [0.29, 0.717) is 18.6 Å². The van der Waals surface area contributed by atoms with Crippen molar-refractivity contribution in [1.29, 1.82) is 0 Å². The zero-order chi connectivity index (χ0) is 20.3. The van der Waals surface area contributed by atoms with Gasteiger partial charge in [-0.1, -0.05) is 20.3 Å². The van der Waals surface area contributed by atoms with E-state index in [1.54, 1.807) is 6.92 Å². The third kappa shape index (κ3) is 9.04. The fraction of sp³-hybridized carbons (Fsp3) is 0.750. The molecule has 9 nitrogen and oxygen atoms in total. The van der Waals surface area contributed by atoms with E-state index < -0.39 is 41.8 Å². The van der Waals surface area contributed by atoms with Crippen molar-refractivity contribution in [3.05, 3.63) is 0 Å². The average Bonchev–Trinajstić information content (AvgIpc) is 2.59. The lowest BCUT2D eigenvalue weighted by atomic mass is 9.98. The lowest BCUT2D eigenvalue weighted by Crippen LogP contribution is -2.55. The third-order valence-electron chi connectivity index (χ3n) is 4.06. The average molecular weight is 391 g/mol. The molecule has 4 atom stereocenters. The summed E-state index contributed by atoms with van der Waals surface area (Å²) in [5.41, 5.74) is 10.9. The maximum Gasteiger partial charge on any atom is 0.326 e. The molecular formula is C16H30N4O5S. The van der Waals surface area contributed by atoms with Gasteiger partial charge in [0.2, 0.25) is 17.7 Å². The Labute approximate surface area is 158 Å². The molecule has 0 rings (SSSR count). The van der Waals surface area contributed by atoms with Crippen LogP contribution in [0.5, 0.6) is 0 Å². The van der Waals surface area contributed by atoms with Gasteiger partial charge in [0, 0.05) is 6.42 Å². The minimum Gasteiger partial charge on any atom is -0.480 e. The Morgan fingerprint density at radius 3 is 2.19 bits per heavy atom. The van der Waals surface area contributed by atoms with Gasteiger partial charge in [-0.15, -0.1) is 0 Å². The minimum absolute atomic E-state index is 0.0327. The molecular weight excluding hydrogens is 360 g/mol. The summed E-state index contributed by atoms with van der Waals surface area (Å²) in [7, 11) is 0. The summed E-state index contributed by atoms with van der Waals surface area (Å²) in [4.78, 5) is 47.0. The van der Waals surface area contributed by atoms with E-state index >= 15 is 0 Å². The quantitative estimate of drug-likeness (QED) is 0.281. The van der Waals surface area contributed by atoms with Crippen molar-refractivity contribution in [2.45, 2.75) is 57.7 Å². The van der Waals surface area contributed by atoms with Crippen molar-refractivity contribution < 1.29 is 24.3 Å². The van der Waals surface area contributed by atoms with Crippen molar-refractivity contribution in [3.63, 3.8) is 0 Å². The molecule has 7 N–H and O–H groups in total. The van der Waals surface area contributed by atoms with Crippen molar-refractivity contribution in [1.82, 2.24) is 10.6 Å². The number of carboxylic acids is 1. The Bertz CT molecular complexity index is 503. The first kappa shape index (κ1) is 24.2. The maximum absolute atomic E-state index is 12.5. The third-order valence-corrected chi connectivity index (χ3v) is 4.70. The second-order valence-corrected chi connectivity index (χ2v) is 7.15. The molecule has 0 aromatic carbocycles. The second-order valence-electron chi connectivity index (χ2n) is 6.16. The highest BCUT2D eigenvalue weighted by atomic mass is 32.2. The van der Waals surface area contributed by atoms with Gasteiger partial charge in [0.05, 0.1) is 6.04 Å². The molecule has 0 saturated heterocycles. The molecule has 0 aromatic heterocycles. The number of primary amides is 1. The van der Waals surface area contributed by atoms with Crippen LogP contribution < -0.4 is 22.1 Å². The van der Waals surface area contributed by atoms with Crippen molar-refractivity contribution in [2.75, 3.05) is 12.0 Å². The van der Waals surface area contributed by atoms with Crippen LogP contribution in [-0.4, -0.2) is 58.9 Å². The minimum atomic E-state index is -1.16. The van der Waals surface area contributed by atoms with Crippen LogP contribution in [0.1, 0.15) is 39.5 Å². The van der Waals surface area contributed by atoms with Crippen molar-refractivity contribution >= 4 is 35.5 Å². The summed E-state index contributed by atoms with van der Waals surface area (Å²) in [6.45, 7) is 3.51. The molecule has 26 heavy (non-hydrogen) atoms. The molecule has 150 valence electrons. The van der Waals surface area contributed by atoms with E-state index in [4.69, 9.17) is 11.5 Å². The Morgan fingerprint density at radius 2 is 1.73 bits per heavy atom. The van der Waals surface area contributed by atoms with E-state index in [2.05, 4.69) is 10.6 Å². The Kier molecular flexibility index (Phi) is 11.7. The Hall–Kier alpha value is -1.81. The van der Waals surface area contributed by atoms with E-state index in [1.165, 1.54) is 11.8 Å². The summed E-state index contributed by atoms with van der Waals surface area (Å²) in [5, 5.41) is 14.2. The topological polar surface area (TPSA) is 165 Å². The van der Waals surface area contributed by atoms with Gasteiger partial charge in [-0.2, -0.15) is 11.8 Å². The molecule has 0 bridgehead atoms. The van der Waals surface area contributed by atoms with Crippen LogP contribution in [0, 0.1) is 5.92 Å². The molecule has 0 aliphatic carbocycles. The first-order valence-electron chi connectivity index (χ1n) is 8.50. The molecule has 0 aliphatic rings. The highest BCUT2D eigenvalue weighted by Gasteiger charge is 2.30. The first-order chi connectivity index (χ1) is 12.1. The predicted octanol–water partition coefficient (Wildman–Crippen LogP) is -0.567. The molecule has 0 unspecified atom stereocenters. The number of carbonyl (C=O) groups excluding carboxylic acids is 3. The second kappa shape index (κ2) is 12.5. The highest BCUT2D eigenvalue weighted by molar-refractivity contribution is 7.98. The van der Waals surface area contributed by atoms with Crippen molar-refractivity contribution in [3.8, 4) is 0 Å². The lowest BCUT2D eigenvalue weighted by Gasteiger charge is -2.25. The van der Waals surface area contributed by atoms with Crippen LogP contribution in [0.15, 0.2) is 0 Å². The van der Waals surface area contributed by atoms with Gasteiger partial charge in [-0.25, -0.2) is 4.79 Å². The number of rotatable bonds is 13. The van der Waals surface area contributed by atoms with E-state index in [1.807, 2.05) is 13.2 Å². The molecule has 0 spiro atoms. The maximum atomic E-state index is 12.5. The van der Waals surface area contributed by atoms with Gasteiger partial charge < -0.3 is 27.2 Å². The number of hydrogen-bond donors (Lipinski definition) is 5. The number of nitrogens with two attached hydrogens (primary N) is 2. The van der Waals surface area contributed by atoms with Gasteiger partial charge in [0.15, 0.2) is 0 Å². The summed E-state index contributed by atoms with van der Waals surface area (Å²) in [6.07, 6.45) is 2.71. The van der Waals surface area contributed by atoms with E-state index in [-0.39, 0.29) is 18.8 Å². The lowest BCUT2D eigenvalue weighted by molar-refractivity contribution is -0.144. The number of nitrogens with one attached hydrogen (secondary N) is 2. The van der Waals surface area contributed by atoms with Crippen LogP contribution in [-0.2, 0) is 19.2 Å². The smallest absolute Gasteiger partial charge is 0.326 e. The number of hydrogen-bond acceptors (Lipinski definition) is 6. The zero-order valence-electron chi connectivity index (χ0n) is 15.5. The summed E-state index contributed by atoms with van der Waals surface area (Å²) < 4.78 is 0. The number of thioether (sulfide) groups is 1. The van der Waals surface area contributed by atoms with Gasteiger partial charge >= 0.3 is 5.97 Å². The van der Waals surface area contributed by atoms with Crippen LogP contribution >= 0.6 is 11.8 Å². The number of carbonyl (C=O) groups is 4. The molecule has 0 heterocycles. The number of aliphatic carboxylic acids is 1. The van der Waals surface area contributed by atoms with E-state index in [9.17, 15) is 24.3 Å². The largest absolute Gasteiger partial charge is 0.480 e. The fourth-order valence-corrected chi connectivity index (χ4v) is 2.64. The molecule has 0 radical (unpaired) electrons. The Morgan fingerprint density at radius 1 is 1.12 bits per heavy atom. The van der Waals surface area contributed by atoms with Gasteiger partial charge in [-0.05, 0) is 30.8 Å². The standard InChI is InChI=1S/C16H30N4O5S/c1-4-9(2)13(16(24)25)20-15(23)11(5-6-12(18)21)19-14(22)10(17)7-8-26-3/h9-11,13H,4-8,17H2,1-3H3,(H2,18,21)(H,19,22)(H,20,23)(H,24,25)/t9-,10-,11-,13-/m0/s1. The normalized spacial score (nSPS) is 15.4. The summed E-state index contributed by atoms with van der Waals surface area (Å²) >= 11 is 1.54. The van der Waals surface area contributed by atoms with Crippen LogP contribution in [0.3, 0.4) is 0 Å². The van der Waals surface area contributed by atoms with Crippen molar-refractivity contribution in [2.24, 2.45) is 17.4 Å². The summed E-state index contributed by atoms with van der Waals surface area (Å²) in [5.74, 6) is -2.61. The van der Waals surface area contributed by atoms with Gasteiger partial charge in [0.1, 0.15) is 12.1 Å². The molecule has 0 aliphatic heterocycles. The SMILES string of the molecule is CC[C@H](C)[C@H](NC(=O)[C@H](CCC(N)=O)NC(=O)[C@@H](N)CCSC)C(=O)O. The molecule has 0 saturated carbocycles. The zero-order valence-corrected chi connectivity index (χ0v) is 16.3. The van der Waals surface area contributed by atoms with Crippen LogP contribution in [0.4, 0.5) is 0 Å². The van der Waals surface area contributed by atoms with Crippen LogP contribution in [0.2, 0.25) is 0 Å². The number of carboxylic acid groups (broad SMARTS) is 1. The molecule has 0 fully saturated rings. The van der Waals surface area contributed by atoms with E-state index in [0.717, 1.165) is 0 Å². The molecule has 3 amide bonds. The highest BCUT2D eigenvalue weighted by Crippen LogP contribution is 2.09. The molecule has 0 aromatic rings. The Balaban J connectivity index is 5.09. The first-order valence-corrected chi connectivity index (χ1v) is 9.89. The monoisotopic (exact) mass is 390 g/mol. The van der Waals surface area contributed by atoms with Gasteiger partial charge in [-0.3, -0.25) is 14.4 Å². The predicted molar refractivity (Wildman–Crippen MR) is 100 cm³/mol. The van der Waals surface area contributed by atoms with Gasteiger partial charge in [0.25, 0.3) is 0 Å². The fourth-order valence-electron chi connectivity index (χ4n) is 2.15. The molecule has 10 heteroatoms.